The smallest absolute Gasteiger partial charge is 0.0527 e. The van der Waals surface area contributed by atoms with E-state index in [1.807, 2.05) is 0 Å². The molecule has 94 valence electrons. The van der Waals surface area contributed by atoms with E-state index in [1.54, 1.807) is 0 Å². The molecule has 2 fully saturated rings. The molecule has 0 amide bonds. The lowest BCUT2D eigenvalue weighted by atomic mass is 9.79. The van der Waals surface area contributed by atoms with Gasteiger partial charge in [-0.25, -0.2) is 0 Å². The topological polar surface area (TPSA) is 29.9 Å². The molecule has 0 spiro atoms. The largest absolute Gasteiger partial charge is 0.314 e. The van der Waals surface area contributed by atoms with E-state index in [4.69, 9.17) is 0 Å². The number of nitrogens with one attached hydrogen (secondary N) is 1. The van der Waals surface area contributed by atoms with Crippen molar-refractivity contribution < 1.29 is 0 Å². The Kier molecular flexibility index (Phi) is 3.19. The summed E-state index contributed by atoms with van der Waals surface area (Å²) in [6.45, 7) is 1.20. The van der Waals surface area contributed by atoms with Gasteiger partial charge < -0.3 is 5.32 Å². The third-order valence-electron chi connectivity index (χ3n) is 4.49. The van der Waals surface area contributed by atoms with Crippen LogP contribution in [0.25, 0.3) is 0 Å². The van der Waals surface area contributed by atoms with Crippen LogP contribution in [0.1, 0.15) is 55.7 Å². The number of hydrogen-bond acceptors (Lipinski definition) is 2. The second kappa shape index (κ2) is 4.81. The van der Waals surface area contributed by atoms with Crippen LogP contribution in [0.5, 0.6) is 0 Å². The van der Waals surface area contributed by atoms with E-state index >= 15 is 0 Å². The minimum atomic E-state index is 0.679. The normalized spacial score (nSPS) is 25.8. The first kappa shape index (κ1) is 11.3. The molecular formula is C14H23N3. The van der Waals surface area contributed by atoms with Crippen molar-refractivity contribution in [1.29, 1.82) is 0 Å². The molecular weight excluding hydrogens is 210 g/mol. The van der Waals surface area contributed by atoms with Crippen LogP contribution in [0.3, 0.4) is 0 Å². The Hall–Kier alpha value is -0.830. The molecule has 0 radical (unpaired) electrons. The first-order valence-corrected chi connectivity index (χ1v) is 7.09. The average molecular weight is 233 g/mol. The minimum absolute atomic E-state index is 0.679. The lowest BCUT2D eigenvalue weighted by Crippen LogP contribution is -2.36. The van der Waals surface area contributed by atoms with Crippen LogP contribution in [-0.4, -0.2) is 22.4 Å². The van der Waals surface area contributed by atoms with Crippen molar-refractivity contribution in [2.24, 2.45) is 7.05 Å². The van der Waals surface area contributed by atoms with Crippen LogP contribution in [0, 0.1) is 0 Å². The van der Waals surface area contributed by atoms with E-state index in [9.17, 15) is 0 Å². The van der Waals surface area contributed by atoms with Gasteiger partial charge in [0.1, 0.15) is 0 Å². The molecule has 3 heteroatoms. The van der Waals surface area contributed by atoms with Crippen LogP contribution in [0.4, 0.5) is 0 Å². The highest BCUT2D eigenvalue weighted by Crippen LogP contribution is 2.38. The van der Waals surface area contributed by atoms with Crippen molar-refractivity contribution in [3.63, 3.8) is 0 Å². The Morgan fingerprint density at radius 2 is 2.18 bits per heavy atom. The van der Waals surface area contributed by atoms with Gasteiger partial charge in [0.25, 0.3) is 0 Å². The van der Waals surface area contributed by atoms with E-state index in [2.05, 4.69) is 28.3 Å². The number of hydrogen-bond donors (Lipinski definition) is 1. The van der Waals surface area contributed by atoms with Gasteiger partial charge in [0.05, 0.1) is 6.20 Å². The van der Waals surface area contributed by atoms with Crippen molar-refractivity contribution >= 4 is 0 Å². The predicted molar refractivity (Wildman–Crippen MR) is 69.1 cm³/mol. The molecule has 3 rings (SSSR count). The first-order chi connectivity index (χ1) is 8.34. The predicted octanol–water partition coefficient (Wildman–Crippen LogP) is 2.37. The van der Waals surface area contributed by atoms with E-state index in [0.29, 0.717) is 6.04 Å². The summed E-state index contributed by atoms with van der Waals surface area (Å²) in [5.41, 5.74) is 3.01. The van der Waals surface area contributed by atoms with Crippen molar-refractivity contribution in [1.82, 2.24) is 15.1 Å². The summed E-state index contributed by atoms with van der Waals surface area (Å²) < 4.78 is 2.10. The molecule has 1 saturated carbocycles. The van der Waals surface area contributed by atoms with Crippen molar-refractivity contribution in [2.45, 2.75) is 56.9 Å². The van der Waals surface area contributed by atoms with E-state index < -0.39 is 0 Å². The second-order valence-corrected chi connectivity index (χ2v) is 5.65. The molecule has 1 aliphatic carbocycles. The van der Waals surface area contributed by atoms with Gasteiger partial charge in [-0.15, -0.1) is 0 Å². The fourth-order valence-corrected chi connectivity index (χ4v) is 3.12. The summed E-state index contributed by atoms with van der Waals surface area (Å²) in [7, 11) is 2.10. The van der Waals surface area contributed by atoms with E-state index in [1.165, 1.54) is 62.7 Å². The lowest BCUT2D eigenvalue weighted by Gasteiger charge is -2.28. The summed E-state index contributed by atoms with van der Waals surface area (Å²) in [6.07, 6.45) is 11.5. The van der Waals surface area contributed by atoms with E-state index in [-0.39, 0.29) is 0 Å². The number of nitrogens with zero attached hydrogens (tertiary/aromatic N) is 2. The molecule has 0 bridgehead atoms. The van der Waals surface area contributed by atoms with Gasteiger partial charge in [-0.3, -0.25) is 4.68 Å². The fourth-order valence-electron chi connectivity index (χ4n) is 3.12. The maximum Gasteiger partial charge on any atom is 0.0527 e. The average Bonchev–Trinajstić information content (AvgIpc) is 2.61. The molecule has 1 atom stereocenters. The summed E-state index contributed by atoms with van der Waals surface area (Å²) in [5, 5.41) is 8.12. The van der Waals surface area contributed by atoms with Crippen LogP contribution in [0.2, 0.25) is 0 Å². The van der Waals surface area contributed by atoms with Crippen LogP contribution in [0.15, 0.2) is 6.20 Å². The molecule has 2 heterocycles. The maximum absolute atomic E-state index is 4.47. The van der Waals surface area contributed by atoms with Gasteiger partial charge in [0.15, 0.2) is 0 Å². The van der Waals surface area contributed by atoms with Gasteiger partial charge in [0.2, 0.25) is 0 Å². The molecule has 1 aromatic rings. The van der Waals surface area contributed by atoms with Gasteiger partial charge in [0, 0.05) is 25.2 Å². The molecule has 1 saturated heterocycles. The molecule has 2 aliphatic rings. The highest BCUT2D eigenvalue weighted by atomic mass is 15.3. The number of piperidine rings is 1. The van der Waals surface area contributed by atoms with Gasteiger partial charge >= 0.3 is 0 Å². The summed E-state index contributed by atoms with van der Waals surface area (Å²) >= 11 is 0. The van der Waals surface area contributed by atoms with Gasteiger partial charge in [-0.05, 0) is 43.7 Å². The molecule has 17 heavy (non-hydrogen) atoms. The highest BCUT2D eigenvalue weighted by Gasteiger charge is 2.26. The second-order valence-electron chi connectivity index (χ2n) is 5.65. The standard InChI is InChI=1S/C14H23N3/c1-17-14(9-12-7-2-3-8-15-12)13(10-16-17)11-5-4-6-11/h10-12,15H,2-9H2,1H3. The Labute approximate surface area is 104 Å². The molecule has 1 aliphatic heterocycles. The molecule has 1 unspecified atom stereocenters. The maximum atomic E-state index is 4.47. The zero-order valence-electron chi connectivity index (χ0n) is 10.8. The zero-order chi connectivity index (χ0) is 11.7. The Bertz CT molecular complexity index is 373. The first-order valence-electron chi connectivity index (χ1n) is 7.09. The van der Waals surface area contributed by atoms with Crippen LogP contribution in [-0.2, 0) is 13.5 Å². The third-order valence-corrected chi connectivity index (χ3v) is 4.49. The molecule has 1 aromatic heterocycles. The Balaban J connectivity index is 1.73. The quantitative estimate of drug-likeness (QED) is 0.868. The molecule has 3 nitrogen and oxygen atoms in total. The van der Waals surface area contributed by atoms with Crippen molar-refractivity contribution in [3.8, 4) is 0 Å². The van der Waals surface area contributed by atoms with Crippen LogP contribution < -0.4 is 5.32 Å². The Morgan fingerprint density at radius 3 is 2.82 bits per heavy atom. The van der Waals surface area contributed by atoms with E-state index in [0.717, 1.165) is 5.92 Å². The molecule has 0 aromatic carbocycles. The van der Waals surface area contributed by atoms with Crippen molar-refractivity contribution in [3.05, 3.63) is 17.5 Å². The number of aromatic nitrogens is 2. The Morgan fingerprint density at radius 1 is 1.29 bits per heavy atom. The van der Waals surface area contributed by atoms with Gasteiger partial charge in [-0.2, -0.15) is 5.10 Å². The highest BCUT2D eigenvalue weighted by molar-refractivity contribution is 5.25. The number of aryl methyl sites for hydroxylation is 1. The SMILES string of the molecule is Cn1ncc(C2CCC2)c1CC1CCCCN1. The summed E-state index contributed by atoms with van der Waals surface area (Å²) in [6, 6.07) is 0.679. The zero-order valence-corrected chi connectivity index (χ0v) is 10.8. The summed E-state index contributed by atoms with van der Waals surface area (Å²) in [4.78, 5) is 0. The number of rotatable bonds is 3. The monoisotopic (exact) mass is 233 g/mol. The minimum Gasteiger partial charge on any atom is -0.314 e. The van der Waals surface area contributed by atoms with Crippen molar-refractivity contribution in [2.75, 3.05) is 6.54 Å². The molecule has 1 N–H and O–H groups in total. The van der Waals surface area contributed by atoms with Crippen LogP contribution >= 0.6 is 0 Å². The fraction of sp³-hybridized carbons (Fsp3) is 0.786. The third kappa shape index (κ3) is 2.25. The summed E-state index contributed by atoms with van der Waals surface area (Å²) in [5.74, 6) is 0.808. The van der Waals surface area contributed by atoms with Gasteiger partial charge in [-0.1, -0.05) is 12.8 Å². The lowest BCUT2D eigenvalue weighted by molar-refractivity contribution is 0.384.